The Hall–Kier alpha value is -1.65. The van der Waals surface area contributed by atoms with Gasteiger partial charge in [0.2, 0.25) is 0 Å². The van der Waals surface area contributed by atoms with E-state index in [9.17, 15) is 0 Å². The zero-order chi connectivity index (χ0) is 11.5. The largest absolute Gasteiger partial charge is 0.382 e. The molecule has 0 aromatic carbocycles. The lowest BCUT2D eigenvalue weighted by molar-refractivity contribution is 0.742. The molecule has 0 aliphatic carbocycles. The summed E-state index contributed by atoms with van der Waals surface area (Å²) in [6.07, 6.45) is 4.87. The molecule has 0 fully saturated rings. The van der Waals surface area contributed by atoms with Crippen LogP contribution in [0.5, 0.6) is 0 Å². The van der Waals surface area contributed by atoms with Crippen LogP contribution in [0, 0.1) is 0 Å². The number of nitrogens with two attached hydrogens (primary N) is 1. The van der Waals surface area contributed by atoms with E-state index >= 15 is 0 Å². The number of nitrogen functional groups attached to an aromatic ring is 1. The molecule has 2 aromatic rings. The Balaban J connectivity index is 2.46. The molecule has 0 bridgehead atoms. The van der Waals surface area contributed by atoms with Crippen LogP contribution in [-0.2, 0) is 13.0 Å². The summed E-state index contributed by atoms with van der Waals surface area (Å²) >= 11 is 0. The number of fused-ring (bicyclic) bond motifs is 1. The van der Waals surface area contributed by atoms with Crippen molar-refractivity contribution in [3.63, 3.8) is 0 Å². The number of nitrogens with zero attached hydrogens (tertiary/aromatic N) is 4. The number of unbranched alkanes of at least 4 members (excludes halogenated alkanes) is 1. The van der Waals surface area contributed by atoms with E-state index in [1.807, 2.05) is 4.57 Å². The van der Waals surface area contributed by atoms with Gasteiger partial charge in [0.05, 0.1) is 6.33 Å². The van der Waals surface area contributed by atoms with Crippen LogP contribution >= 0.6 is 0 Å². The predicted octanol–water partition coefficient (Wildman–Crippen LogP) is 1.77. The van der Waals surface area contributed by atoms with Crippen LogP contribution in [0.2, 0.25) is 0 Å². The first kappa shape index (κ1) is 10.9. The Labute approximate surface area is 94.7 Å². The van der Waals surface area contributed by atoms with E-state index in [1.165, 1.54) is 0 Å². The minimum Gasteiger partial charge on any atom is -0.382 e. The summed E-state index contributed by atoms with van der Waals surface area (Å²) in [5, 5.41) is 0. The second-order valence-electron chi connectivity index (χ2n) is 3.83. The quantitative estimate of drug-likeness (QED) is 0.850. The van der Waals surface area contributed by atoms with E-state index in [1.54, 1.807) is 6.33 Å². The number of anilines is 1. The highest BCUT2D eigenvalue weighted by molar-refractivity contribution is 5.81. The van der Waals surface area contributed by atoms with Crippen molar-refractivity contribution in [3.8, 4) is 0 Å². The van der Waals surface area contributed by atoms with Crippen molar-refractivity contribution in [1.82, 2.24) is 19.5 Å². The summed E-state index contributed by atoms with van der Waals surface area (Å²) in [5.74, 6) is 1.31. The Morgan fingerprint density at radius 1 is 1.31 bits per heavy atom. The molecule has 0 saturated carbocycles. The minimum atomic E-state index is 0.489. The third kappa shape index (κ3) is 1.85. The third-order valence-corrected chi connectivity index (χ3v) is 2.63. The molecule has 2 aromatic heterocycles. The van der Waals surface area contributed by atoms with Gasteiger partial charge in [-0.1, -0.05) is 13.3 Å². The molecule has 5 nitrogen and oxygen atoms in total. The first-order chi connectivity index (χ1) is 7.76. The average Bonchev–Trinajstić information content (AvgIpc) is 2.69. The van der Waals surface area contributed by atoms with Crippen molar-refractivity contribution in [1.29, 1.82) is 0 Å². The highest BCUT2D eigenvalue weighted by atomic mass is 15.1. The van der Waals surface area contributed by atoms with Gasteiger partial charge in [-0.15, -0.1) is 0 Å². The molecule has 0 amide bonds. The van der Waals surface area contributed by atoms with Gasteiger partial charge < -0.3 is 10.3 Å². The van der Waals surface area contributed by atoms with Crippen LogP contribution in [0.25, 0.3) is 11.2 Å². The number of rotatable bonds is 4. The highest BCUT2D eigenvalue weighted by Gasteiger charge is 2.09. The molecule has 0 aliphatic heterocycles. The Morgan fingerprint density at radius 2 is 2.12 bits per heavy atom. The van der Waals surface area contributed by atoms with Crippen LogP contribution in [0.15, 0.2) is 6.33 Å². The zero-order valence-electron chi connectivity index (χ0n) is 9.77. The van der Waals surface area contributed by atoms with Crippen molar-refractivity contribution in [2.45, 2.75) is 39.7 Å². The monoisotopic (exact) mass is 219 g/mol. The predicted molar refractivity (Wildman–Crippen MR) is 64.0 cm³/mol. The van der Waals surface area contributed by atoms with Crippen LogP contribution in [0.1, 0.15) is 32.5 Å². The molecule has 0 radical (unpaired) electrons. The van der Waals surface area contributed by atoms with Crippen molar-refractivity contribution in [3.05, 3.63) is 12.2 Å². The Kier molecular flexibility index (Phi) is 3.03. The van der Waals surface area contributed by atoms with Crippen molar-refractivity contribution in [2.24, 2.45) is 0 Å². The topological polar surface area (TPSA) is 69.6 Å². The molecule has 2 rings (SSSR count). The molecule has 0 spiro atoms. The zero-order valence-corrected chi connectivity index (χ0v) is 9.77. The molecular formula is C11H17N5. The average molecular weight is 219 g/mol. The van der Waals surface area contributed by atoms with Crippen LogP contribution in [0.3, 0.4) is 0 Å². The van der Waals surface area contributed by atoms with Gasteiger partial charge in [-0.3, -0.25) is 0 Å². The van der Waals surface area contributed by atoms with Gasteiger partial charge in [-0.05, 0) is 13.3 Å². The van der Waals surface area contributed by atoms with Gasteiger partial charge in [-0.2, -0.15) is 0 Å². The van der Waals surface area contributed by atoms with E-state index in [2.05, 4.69) is 28.8 Å². The molecule has 0 unspecified atom stereocenters. The maximum atomic E-state index is 5.87. The van der Waals surface area contributed by atoms with Crippen molar-refractivity contribution < 1.29 is 0 Å². The fraction of sp³-hybridized carbons (Fsp3) is 0.545. The molecular weight excluding hydrogens is 202 g/mol. The van der Waals surface area contributed by atoms with Crippen molar-refractivity contribution >= 4 is 17.0 Å². The molecule has 0 atom stereocenters. The molecule has 2 heterocycles. The third-order valence-electron chi connectivity index (χ3n) is 2.63. The van der Waals surface area contributed by atoms with Crippen LogP contribution in [0.4, 0.5) is 5.82 Å². The molecule has 86 valence electrons. The van der Waals surface area contributed by atoms with E-state index in [0.717, 1.165) is 37.3 Å². The number of aromatic nitrogens is 4. The lowest BCUT2D eigenvalue weighted by Gasteiger charge is -2.03. The van der Waals surface area contributed by atoms with Gasteiger partial charge in [0.15, 0.2) is 11.5 Å². The molecule has 0 aliphatic rings. The standard InChI is InChI=1S/C11H17N5/c1-3-5-6-8-14-10(12)9-11(15-8)16(4-2)7-13-9/h7H,3-6H2,1-2H3,(H2,12,14,15). The summed E-state index contributed by atoms with van der Waals surface area (Å²) in [6.45, 7) is 5.06. The number of imidazole rings is 1. The fourth-order valence-corrected chi connectivity index (χ4v) is 1.69. The summed E-state index contributed by atoms with van der Waals surface area (Å²) < 4.78 is 1.99. The van der Waals surface area contributed by atoms with Crippen LogP contribution < -0.4 is 5.73 Å². The second-order valence-corrected chi connectivity index (χ2v) is 3.83. The SMILES string of the molecule is CCCCc1nc(N)c2ncn(CC)c2n1. The Bertz CT molecular complexity index is 488. The van der Waals surface area contributed by atoms with Gasteiger partial charge in [0.25, 0.3) is 0 Å². The number of aryl methyl sites for hydroxylation is 2. The second kappa shape index (κ2) is 4.47. The van der Waals surface area contributed by atoms with E-state index in [-0.39, 0.29) is 0 Å². The lowest BCUT2D eigenvalue weighted by Crippen LogP contribution is -2.03. The maximum absolute atomic E-state index is 5.87. The Morgan fingerprint density at radius 3 is 2.81 bits per heavy atom. The molecule has 2 N–H and O–H groups in total. The summed E-state index contributed by atoms with van der Waals surface area (Å²) in [6, 6.07) is 0. The fourth-order valence-electron chi connectivity index (χ4n) is 1.69. The first-order valence-electron chi connectivity index (χ1n) is 5.73. The molecule has 16 heavy (non-hydrogen) atoms. The maximum Gasteiger partial charge on any atom is 0.165 e. The van der Waals surface area contributed by atoms with Gasteiger partial charge in [0, 0.05) is 13.0 Å². The van der Waals surface area contributed by atoms with Crippen molar-refractivity contribution in [2.75, 3.05) is 5.73 Å². The van der Waals surface area contributed by atoms with Gasteiger partial charge >= 0.3 is 0 Å². The van der Waals surface area contributed by atoms with E-state index < -0.39 is 0 Å². The normalized spacial score (nSPS) is 11.1. The van der Waals surface area contributed by atoms with E-state index in [0.29, 0.717) is 11.3 Å². The molecule has 5 heteroatoms. The van der Waals surface area contributed by atoms with Crippen LogP contribution in [-0.4, -0.2) is 19.5 Å². The van der Waals surface area contributed by atoms with Gasteiger partial charge in [0.1, 0.15) is 11.3 Å². The summed E-state index contributed by atoms with van der Waals surface area (Å²) in [4.78, 5) is 13.0. The summed E-state index contributed by atoms with van der Waals surface area (Å²) in [7, 11) is 0. The molecule has 0 saturated heterocycles. The first-order valence-corrected chi connectivity index (χ1v) is 5.73. The van der Waals surface area contributed by atoms with Gasteiger partial charge in [-0.25, -0.2) is 15.0 Å². The summed E-state index contributed by atoms with van der Waals surface area (Å²) in [5.41, 5.74) is 7.43. The number of hydrogen-bond donors (Lipinski definition) is 1. The smallest absolute Gasteiger partial charge is 0.165 e. The minimum absolute atomic E-state index is 0.489. The van der Waals surface area contributed by atoms with E-state index in [4.69, 9.17) is 5.73 Å². The number of hydrogen-bond acceptors (Lipinski definition) is 4. The highest BCUT2D eigenvalue weighted by Crippen LogP contribution is 2.16. The lowest BCUT2D eigenvalue weighted by atomic mass is 10.2.